The lowest BCUT2D eigenvalue weighted by Gasteiger charge is -2.27. The topological polar surface area (TPSA) is 9.72 Å². The van der Waals surface area contributed by atoms with Gasteiger partial charge < -0.3 is 14.7 Å². The van der Waals surface area contributed by atoms with Crippen LogP contribution in [0.2, 0.25) is 0 Å². The minimum atomic E-state index is 1.09. The summed E-state index contributed by atoms with van der Waals surface area (Å²) in [5, 5.41) is 9.66. The largest absolute Gasteiger partial charge is 0.311 e. The predicted octanol–water partition coefficient (Wildman–Crippen LogP) is 20.0. The van der Waals surface area contributed by atoms with Gasteiger partial charge in [0.05, 0.1) is 11.4 Å². The molecule has 0 spiro atoms. The quantitative estimate of drug-likeness (QED) is 0.128. The Balaban J connectivity index is 0.778. The molecular weight excluding hydrogens is 883 g/mol. The second kappa shape index (κ2) is 18.9. The lowest BCUT2D eigenvalue weighted by atomic mass is 9.99. The third-order valence-electron chi connectivity index (χ3n) is 14.1. The van der Waals surface area contributed by atoms with E-state index in [2.05, 4.69) is 312 Å². The van der Waals surface area contributed by atoms with Gasteiger partial charge in [0.2, 0.25) is 0 Å². The molecule has 0 saturated carbocycles. The van der Waals surface area contributed by atoms with Crippen molar-refractivity contribution >= 4 is 94.3 Å². The smallest absolute Gasteiger partial charge is 0.0540 e. The van der Waals surface area contributed by atoms with Crippen molar-refractivity contribution in [3.05, 3.63) is 297 Å². The molecule has 0 bridgehead atoms. The molecule has 73 heavy (non-hydrogen) atoms. The van der Waals surface area contributed by atoms with Gasteiger partial charge in [0.15, 0.2) is 0 Å². The third kappa shape index (κ3) is 8.39. The molecule has 0 atom stereocenters. The minimum absolute atomic E-state index is 1.09. The fourth-order valence-electron chi connectivity index (χ4n) is 10.5. The van der Waals surface area contributed by atoms with E-state index in [1.54, 1.807) is 0 Å². The molecule has 13 aromatic carbocycles. The summed E-state index contributed by atoms with van der Waals surface area (Å²) in [6.07, 6.45) is 0. The molecule has 13 rings (SSSR count). The van der Waals surface area contributed by atoms with Crippen LogP contribution in [0.5, 0.6) is 0 Å². The van der Waals surface area contributed by atoms with Gasteiger partial charge in [-0.05, 0) is 164 Å². The maximum atomic E-state index is 2.37. The van der Waals surface area contributed by atoms with E-state index in [9.17, 15) is 0 Å². The van der Waals surface area contributed by atoms with Crippen LogP contribution in [0, 0.1) is 0 Å². The van der Waals surface area contributed by atoms with E-state index in [1.807, 2.05) is 0 Å². The fraction of sp³-hybridized carbons (Fsp3) is 0. The summed E-state index contributed by atoms with van der Waals surface area (Å²) in [6, 6.07) is 107. The number of nitrogens with zero attached hydrogens (tertiary/aromatic N) is 3. The summed E-state index contributed by atoms with van der Waals surface area (Å²) in [5.74, 6) is 0. The summed E-state index contributed by atoms with van der Waals surface area (Å²) >= 11 is 0. The summed E-state index contributed by atoms with van der Waals surface area (Å²) in [7, 11) is 0. The third-order valence-corrected chi connectivity index (χ3v) is 14.1. The first-order chi connectivity index (χ1) is 36.2. The first-order valence-electron chi connectivity index (χ1n) is 25.0. The molecule has 13 aromatic rings. The van der Waals surface area contributed by atoms with Gasteiger partial charge in [-0.2, -0.15) is 0 Å². The van der Waals surface area contributed by atoms with Crippen molar-refractivity contribution in [3.63, 3.8) is 0 Å². The number of para-hydroxylation sites is 3. The van der Waals surface area contributed by atoms with Crippen LogP contribution < -0.4 is 14.7 Å². The Morgan fingerprint density at radius 1 is 0.164 bits per heavy atom. The van der Waals surface area contributed by atoms with Gasteiger partial charge in [0.1, 0.15) is 0 Å². The van der Waals surface area contributed by atoms with Crippen LogP contribution in [-0.4, -0.2) is 0 Å². The van der Waals surface area contributed by atoms with Gasteiger partial charge in [-0.1, -0.05) is 188 Å². The van der Waals surface area contributed by atoms with Crippen molar-refractivity contribution in [1.29, 1.82) is 0 Å². The highest BCUT2D eigenvalue weighted by Crippen LogP contribution is 2.43. The van der Waals surface area contributed by atoms with Crippen molar-refractivity contribution in [2.45, 2.75) is 0 Å². The number of rotatable bonds is 11. The molecular formula is C70H49N3. The minimum Gasteiger partial charge on any atom is -0.311 e. The molecule has 0 radical (unpaired) electrons. The summed E-state index contributed by atoms with van der Waals surface area (Å²) in [4.78, 5) is 7.07. The van der Waals surface area contributed by atoms with Gasteiger partial charge in [-0.3, -0.25) is 0 Å². The molecule has 0 heterocycles. The van der Waals surface area contributed by atoms with Crippen molar-refractivity contribution in [2.75, 3.05) is 14.7 Å². The molecule has 344 valence electrons. The normalized spacial score (nSPS) is 11.3. The zero-order chi connectivity index (χ0) is 48.5. The maximum absolute atomic E-state index is 2.37. The summed E-state index contributed by atoms with van der Waals surface area (Å²) in [6.45, 7) is 0. The molecule has 0 aliphatic rings. The lowest BCUT2D eigenvalue weighted by molar-refractivity contribution is 1.28. The van der Waals surface area contributed by atoms with Gasteiger partial charge in [0, 0.05) is 50.6 Å². The molecule has 0 aliphatic carbocycles. The van der Waals surface area contributed by atoms with E-state index in [4.69, 9.17) is 0 Å². The summed E-state index contributed by atoms with van der Waals surface area (Å²) in [5.41, 5.74) is 14.8. The molecule has 0 aliphatic heterocycles. The van der Waals surface area contributed by atoms with Gasteiger partial charge in [-0.25, -0.2) is 0 Å². The van der Waals surface area contributed by atoms with Crippen molar-refractivity contribution in [2.24, 2.45) is 0 Å². The molecule has 0 N–H and O–H groups in total. The predicted molar refractivity (Wildman–Crippen MR) is 311 cm³/mol. The molecule has 0 amide bonds. The Kier molecular flexibility index (Phi) is 11.2. The SMILES string of the molecule is c1ccc(N(c2ccc(-c3ccc4cc(N(c5ccccc5)c5cccc6ccccc56)ccc4c3)cc2)c2ccc(-c3ccc4cc(N(c5ccccc5)c5cccc6ccccc56)ccc4c3)cc2)cc1. The van der Waals surface area contributed by atoms with Gasteiger partial charge >= 0.3 is 0 Å². The molecule has 0 aromatic heterocycles. The fourth-order valence-corrected chi connectivity index (χ4v) is 10.5. The van der Waals surface area contributed by atoms with E-state index >= 15 is 0 Å². The Morgan fingerprint density at radius 2 is 0.466 bits per heavy atom. The van der Waals surface area contributed by atoms with Gasteiger partial charge in [0.25, 0.3) is 0 Å². The van der Waals surface area contributed by atoms with Gasteiger partial charge in [-0.15, -0.1) is 0 Å². The van der Waals surface area contributed by atoms with Crippen LogP contribution in [0.4, 0.5) is 51.2 Å². The second-order valence-corrected chi connectivity index (χ2v) is 18.6. The summed E-state index contributed by atoms with van der Waals surface area (Å²) < 4.78 is 0. The van der Waals surface area contributed by atoms with E-state index in [-0.39, 0.29) is 0 Å². The monoisotopic (exact) mass is 931 g/mol. The number of benzene rings is 13. The van der Waals surface area contributed by atoms with Crippen molar-refractivity contribution < 1.29 is 0 Å². The Labute approximate surface area is 426 Å². The Morgan fingerprint density at radius 3 is 0.890 bits per heavy atom. The number of hydrogen-bond donors (Lipinski definition) is 0. The second-order valence-electron chi connectivity index (χ2n) is 18.6. The van der Waals surface area contributed by atoms with Crippen LogP contribution in [-0.2, 0) is 0 Å². The average Bonchev–Trinajstić information content (AvgIpc) is 3.46. The molecule has 3 heteroatoms. The number of fused-ring (bicyclic) bond motifs is 4. The van der Waals surface area contributed by atoms with Crippen LogP contribution in [0.15, 0.2) is 297 Å². The number of anilines is 9. The highest BCUT2D eigenvalue weighted by molar-refractivity contribution is 6.02. The van der Waals surface area contributed by atoms with Crippen molar-refractivity contribution in [1.82, 2.24) is 0 Å². The van der Waals surface area contributed by atoms with Crippen LogP contribution in [0.1, 0.15) is 0 Å². The maximum Gasteiger partial charge on any atom is 0.0540 e. The first kappa shape index (κ1) is 43.3. The van der Waals surface area contributed by atoms with E-state index in [0.29, 0.717) is 0 Å². The van der Waals surface area contributed by atoms with E-state index < -0.39 is 0 Å². The zero-order valence-electron chi connectivity index (χ0n) is 40.1. The first-order valence-corrected chi connectivity index (χ1v) is 25.0. The van der Waals surface area contributed by atoms with E-state index in [0.717, 1.165) is 51.2 Å². The molecule has 0 unspecified atom stereocenters. The zero-order valence-corrected chi connectivity index (χ0v) is 40.1. The average molecular weight is 932 g/mol. The Bertz CT molecular complexity index is 3820. The van der Waals surface area contributed by atoms with Crippen LogP contribution in [0.3, 0.4) is 0 Å². The Hall–Kier alpha value is -9.70. The molecule has 3 nitrogen and oxygen atoms in total. The van der Waals surface area contributed by atoms with Crippen LogP contribution in [0.25, 0.3) is 65.3 Å². The van der Waals surface area contributed by atoms with Crippen LogP contribution >= 0.6 is 0 Å². The molecule has 0 saturated heterocycles. The van der Waals surface area contributed by atoms with E-state index in [1.165, 1.54) is 65.3 Å². The highest BCUT2D eigenvalue weighted by Gasteiger charge is 2.19. The highest BCUT2D eigenvalue weighted by atomic mass is 15.2. The number of hydrogen-bond acceptors (Lipinski definition) is 3. The lowest BCUT2D eigenvalue weighted by Crippen LogP contribution is -2.10. The molecule has 0 fully saturated rings. The standard InChI is InChI=1S/C70H49N3/c1-4-20-60(21-5-1)71(63-40-34-50(35-41-63)54-30-32-58-48-65(44-38-56(58)46-54)72(61-22-6-2-7-23-61)69-28-14-18-52-16-10-12-26-67(52)69)64-42-36-51(37-43-64)55-31-33-59-49-66(45-39-57(59)47-55)73(62-24-8-3-9-25-62)70-29-15-19-53-17-11-13-27-68(53)70/h1-49H. The van der Waals surface area contributed by atoms with Crippen molar-refractivity contribution in [3.8, 4) is 22.3 Å².